The first-order valence-corrected chi connectivity index (χ1v) is 10.6. The summed E-state index contributed by atoms with van der Waals surface area (Å²) in [5.41, 5.74) is 8.53. The number of hydrogen-bond acceptors (Lipinski definition) is 0. The van der Waals surface area contributed by atoms with Crippen LogP contribution in [0, 0.1) is 6.07 Å². The summed E-state index contributed by atoms with van der Waals surface area (Å²) in [6.45, 7) is 0. The Morgan fingerprint density at radius 1 is 0.548 bits per heavy atom. The van der Waals surface area contributed by atoms with Crippen molar-refractivity contribution in [1.82, 2.24) is 4.57 Å². The lowest BCUT2D eigenvalue weighted by molar-refractivity contribution is 1.18. The Hall–Kier alpha value is -4.10. The van der Waals surface area contributed by atoms with E-state index in [1.807, 2.05) is 6.07 Å². The molecule has 31 heavy (non-hydrogen) atoms. The van der Waals surface area contributed by atoms with Crippen LogP contribution in [0.3, 0.4) is 0 Å². The maximum atomic E-state index is 3.32. The minimum Gasteiger partial charge on any atom is -0.309 e. The van der Waals surface area contributed by atoms with Crippen LogP contribution in [0.2, 0.25) is 0 Å². The van der Waals surface area contributed by atoms with Gasteiger partial charge < -0.3 is 4.57 Å². The molecule has 1 aromatic heterocycles. The number of nitrogens with zero attached hydrogens (tertiary/aromatic N) is 1. The van der Waals surface area contributed by atoms with Crippen molar-refractivity contribution in [2.45, 2.75) is 0 Å². The molecule has 1 nitrogen and oxygen atoms in total. The van der Waals surface area contributed by atoms with Crippen LogP contribution in [0.5, 0.6) is 0 Å². The van der Waals surface area contributed by atoms with Crippen LogP contribution in [0.1, 0.15) is 0 Å². The molecule has 0 fully saturated rings. The van der Waals surface area contributed by atoms with Crippen LogP contribution in [0.25, 0.3) is 49.7 Å². The third-order valence-corrected chi connectivity index (χ3v) is 5.94. The topological polar surface area (TPSA) is 4.93 Å². The normalized spacial score (nSPS) is 11.2. The van der Waals surface area contributed by atoms with Crippen molar-refractivity contribution in [3.8, 4) is 27.9 Å². The Bertz CT molecular complexity index is 1490. The van der Waals surface area contributed by atoms with Gasteiger partial charge in [-0.15, -0.1) is 0 Å². The molecule has 0 saturated heterocycles. The van der Waals surface area contributed by atoms with E-state index in [9.17, 15) is 0 Å². The van der Waals surface area contributed by atoms with Crippen molar-refractivity contribution in [1.29, 1.82) is 0 Å². The number of rotatable bonds is 3. The van der Waals surface area contributed by atoms with Crippen molar-refractivity contribution >= 4 is 21.8 Å². The third-order valence-electron chi connectivity index (χ3n) is 5.94. The summed E-state index contributed by atoms with van der Waals surface area (Å²) < 4.78 is 2.36. The van der Waals surface area contributed by atoms with Crippen LogP contribution >= 0.6 is 0 Å². The largest absolute Gasteiger partial charge is 0.309 e. The monoisotopic (exact) mass is 394 g/mol. The molecule has 0 amide bonds. The predicted molar refractivity (Wildman–Crippen MR) is 130 cm³/mol. The van der Waals surface area contributed by atoms with E-state index in [4.69, 9.17) is 0 Å². The molecule has 6 aromatic rings. The molecule has 6 rings (SSSR count). The first-order chi connectivity index (χ1) is 15.4. The van der Waals surface area contributed by atoms with Crippen LogP contribution in [-0.4, -0.2) is 4.57 Å². The smallest absolute Gasteiger partial charge is 0.0547 e. The van der Waals surface area contributed by atoms with E-state index in [-0.39, 0.29) is 0 Å². The SMILES string of the molecule is [c]1ccc2c(c1)c1c(-c3ccccc3)c(-c3ccccc3)ccc1n2-c1ccccc1. The lowest BCUT2D eigenvalue weighted by Gasteiger charge is -2.14. The number of aromatic nitrogens is 1. The predicted octanol–water partition coefficient (Wildman–Crippen LogP) is 7.92. The average molecular weight is 394 g/mol. The number of para-hydroxylation sites is 1. The molecular formula is C30H20N. The molecule has 5 aromatic carbocycles. The number of benzene rings is 5. The fourth-order valence-corrected chi connectivity index (χ4v) is 4.62. The van der Waals surface area contributed by atoms with Crippen LogP contribution in [0.4, 0.5) is 0 Å². The Labute approximate surface area is 181 Å². The van der Waals surface area contributed by atoms with Crippen molar-refractivity contribution in [3.63, 3.8) is 0 Å². The molecule has 145 valence electrons. The fourth-order valence-electron chi connectivity index (χ4n) is 4.62. The average Bonchev–Trinajstić information content (AvgIpc) is 3.19. The standard InChI is InChI=1S/C30H20N/c1-4-12-22(13-5-1)25-20-21-28-30(29(25)23-14-6-2-7-15-23)26-18-10-11-19-27(26)31(28)24-16-8-3-9-17-24/h1-9,11-21H. The molecular weight excluding hydrogens is 374 g/mol. The second kappa shape index (κ2) is 7.30. The van der Waals surface area contributed by atoms with Crippen LogP contribution in [0.15, 0.2) is 121 Å². The zero-order chi connectivity index (χ0) is 20.6. The van der Waals surface area contributed by atoms with E-state index < -0.39 is 0 Å². The zero-order valence-corrected chi connectivity index (χ0v) is 17.0. The maximum absolute atomic E-state index is 3.32. The molecule has 0 unspecified atom stereocenters. The molecule has 1 radical (unpaired) electrons. The highest BCUT2D eigenvalue weighted by Crippen LogP contribution is 2.43. The molecule has 0 aliphatic rings. The van der Waals surface area contributed by atoms with E-state index in [2.05, 4.69) is 126 Å². The Balaban J connectivity index is 1.82. The van der Waals surface area contributed by atoms with Crippen molar-refractivity contribution < 1.29 is 0 Å². The molecule has 1 heterocycles. The van der Waals surface area contributed by atoms with Gasteiger partial charge in [-0.05, 0) is 58.7 Å². The Kier molecular flexibility index (Phi) is 4.18. The van der Waals surface area contributed by atoms with Gasteiger partial charge in [0.2, 0.25) is 0 Å². The number of fused-ring (bicyclic) bond motifs is 3. The quantitative estimate of drug-likeness (QED) is 0.287. The third kappa shape index (κ3) is 2.86. The Morgan fingerprint density at radius 2 is 1.19 bits per heavy atom. The van der Waals surface area contributed by atoms with Crippen LogP contribution in [-0.2, 0) is 0 Å². The van der Waals surface area contributed by atoms with Gasteiger partial charge in [0.1, 0.15) is 0 Å². The van der Waals surface area contributed by atoms with Gasteiger partial charge in [-0.1, -0.05) is 91.0 Å². The highest BCUT2D eigenvalue weighted by atomic mass is 15.0. The van der Waals surface area contributed by atoms with Gasteiger partial charge in [0, 0.05) is 16.5 Å². The molecule has 0 atom stereocenters. The summed E-state index contributed by atoms with van der Waals surface area (Å²) in [4.78, 5) is 0. The van der Waals surface area contributed by atoms with E-state index >= 15 is 0 Å². The summed E-state index contributed by atoms with van der Waals surface area (Å²) >= 11 is 0. The van der Waals surface area contributed by atoms with Gasteiger partial charge in [0.15, 0.2) is 0 Å². The van der Waals surface area contributed by atoms with E-state index in [1.165, 1.54) is 49.7 Å². The van der Waals surface area contributed by atoms with Gasteiger partial charge in [-0.25, -0.2) is 0 Å². The van der Waals surface area contributed by atoms with E-state index in [1.54, 1.807) is 0 Å². The molecule has 1 heteroatoms. The van der Waals surface area contributed by atoms with Gasteiger partial charge >= 0.3 is 0 Å². The van der Waals surface area contributed by atoms with Gasteiger partial charge in [0.25, 0.3) is 0 Å². The zero-order valence-electron chi connectivity index (χ0n) is 17.0. The summed E-state index contributed by atoms with van der Waals surface area (Å²) in [6, 6.07) is 46.1. The molecule has 0 aliphatic heterocycles. The second-order valence-electron chi connectivity index (χ2n) is 7.73. The maximum Gasteiger partial charge on any atom is 0.0547 e. The van der Waals surface area contributed by atoms with Crippen LogP contribution < -0.4 is 0 Å². The molecule has 0 N–H and O–H groups in total. The Morgan fingerprint density at radius 3 is 1.90 bits per heavy atom. The van der Waals surface area contributed by atoms with Gasteiger partial charge in [-0.3, -0.25) is 0 Å². The lowest BCUT2D eigenvalue weighted by atomic mass is 9.90. The van der Waals surface area contributed by atoms with Crippen molar-refractivity contribution in [3.05, 3.63) is 127 Å². The molecule has 0 saturated carbocycles. The highest BCUT2D eigenvalue weighted by molar-refractivity contribution is 6.18. The molecule has 0 bridgehead atoms. The summed E-state index contributed by atoms with van der Waals surface area (Å²) in [5.74, 6) is 0. The summed E-state index contributed by atoms with van der Waals surface area (Å²) in [7, 11) is 0. The first kappa shape index (κ1) is 17.7. The van der Waals surface area contributed by atoms with Gasteiger partial charge in [0.05, 0.1) is 11.0 Å². The highest BCUT2D eigenvalue weighted by Gasteiger charge is 2.19. The first-order valence-electron chi connectivity index (χ1n) is 10.6. The second-order valence-corrected chi connectivity index (χ2v) is 7.73. The minimum atomic E-state index is 1.17. The van der Waals surface area contributed by atoms with E-state index in [0.717, 1.165) is 0 Å². The molecule has 0 spiro atoms. The molecule has 0 aliphatic carbocycles. The summed E-state index contributed by atoms with van der Waals surface area (Å²) in [6.07, 6.45) is 0. The fraction of sp³-hybridized carbons (Fsp3) is 0. The minimum absolute atomic E-state index is 1.17. The van der Waals surface area contributed by atoms with E-state index in [0.29, 0.717) is 0 Å². The van der Waals surface area contributed by atoms with Crippen molar-refractivity contribution in [2.24, 2.45) is 0 Å². The van der Waals surface area contributed by atoms with Crippen molar-refractivity contribution in [2.75, 3.05) is 0 Å². The van der Waals surface area contributed by atoms with Gasteiger partial charge in [-0.2, -0.15) is 0 Å². The lowest BCUT2D eigenvalue weighted by Crippen LogP contribution is -1.93. The summed E-state index contributed by atoms with van der Waals surface area (Å²) in [5, 5.41) is 2.49. The number of hydrogen-bond donors (Lipinski definition) is 0.